The van der Waals surface area contributed by atoms with Gasteiger partial charge in [-0.15, -0.1) is 11.3 Å². The van der Waals surface area contributed by atoms with E-state index < -0.39 is 11.9 Å². The Bertz CT molecular complexity index is 1070. The minimum Gasteiger partial charge on any atom is -0.465 e. The van der Waals surface area contributed by atoms with Gasteiger partial charge in [0.15, 0.2) is 0 Å². The standard InChI is InChI=1S/C22H17ClFNO3S/c1-13-19(15-6-10-17(24)11-7-15)20(22(27)28-2)21(29-13)25-18(26)12-5-14-3-8-16(23)9-4-14/h3-12H,1-2H3,(H,25,26)/b12-5+. The Morgan fingerprint density at radius 2 is 1.76 bits per heavy atom. The third-order valence-electron chi connectivity index (χ3n) is 4.14. The van der Waals surface area contributed by atoms with Crippen LogP contribution in [0.4, 0.5) is 9.39 Å². The maximum Gasteiger partial charge on any atom is 0.341 e. The molecule has 1 amide bonds. The number of hydrogen-bond donors (Lipinski definition) is 1. The third-order valence-corrected chi connectivity index (χ3v) is 5.41. The van der Waals surface area contributed by atoms with Crippen molar-refractivity contribution in [3.05, 3.63) is 81.5 Å². The molecule has 0 fully saturated rings. The first-order chi connectivity index (χ1) is 13.9. The van der Waals surface area contributed by atoms with Crippen LogP contribution >= 0.6 is 22.9 Å². The van der Waals surface area contributed by atoms with E-state index in [0.29, 0.717) is 21.2 Å². The number of amides is 1. The largest absolute Gasteiger partial charge is 0.465 e. The van der Waals surface area contributed by atoms with Crippen LogP contribution in [0, 0.1) is 12.7 Å². The Balaban J connectivity index is 1.91. The van der Waals surface area contributed by atoms with E-state index in [1.807, 2.05) is 6.92 Å². The molecule has 0 atom stereocenters. The number of benzene rings is 2. The molecule has 0 saturated heterocycles. The average molecular weight is 430 g/mol. The van der Waals surface area contributed by atoms with Crippen LogP contribution in [0.2, 0.25) is 5.02 Å². The van der Waals surface area contributed by atoms with Gasteiger partial charge in [-0.2, -0.15) is 0 Å². The molecule has 0 aliphatic carbocycles. The van der Waals surface area contributed by atoms with E-state index in [1.54, 1.807) is 42.5 Å². The Morgan fingerprint density at radius 3 is 2.38 bits per heavy atom. The summed E-state index contributed by atoms with van der Waals surface area (Å²) in [5.41, 5.74) is 2.33. The van der Waals surface area contributed by atoms with Crippen LogP contribution in [0.5, 0.6) is 0 Å². The fourth-order valence-electron chi connectivity index (χ4n) is 2.79. The van der Waals surface area contributed by atoms with Crippen molar-refractivity contribution >= 4 is 45.9 Å². The number of hydrogen-bond acceptors (Lipinski definition) is 4. The minimum atomic E-state index is -0.578. The molecule has 1 heterocycles. The molecule has 29 heavy (non-hydrogen) atoms. The Labute approximate surface area is 176 Å². The second kappa shape index (κ2) is 9.03. The predicted molar refractivity (Wildman–Crippen MR) is 115 cm³/mol. The molecule has 0 bridgehead atoms. The molecule has 1 N–H and O–H groups in total. The lowest BCUT2D eigenvalue weighted by atomic mass is 10.0. The molecule has 0 spiro atoms. The number of aryl methyl sites for hydroxylation is 1. The quantitative estimate of drug-likeness (QED) is 0.402. The molecular formula is C22H17ClFNO3S. The lowest BCUT2D eigenvalue weighted by molar-refractivity contribution is -0.111. The van der Waals surface area contributed by atoms with Gasteiger partial charge < -0.3 is 10.1 Å². The number of anilines is 1. The summed E-state index contributed by atoms with van der Waals surface area (Å²) in [5, 5.41) is 3.72. The van der Waals surface area contributed by atoms with Crippen molar-refractivity contribution in [2.24, 2.45) is 0 Å². The summed E-state index contributed by atoms with van der Waals surface area (Å²) in [6.45, 7) is 1.83. The minimum absolute atomic E-state index is 0.245. The molecule has 7 heteroatoms. The number of carbonyl (C=O) groups is 2. The second-order valence-electron chi connectivity index (χ2n) is 6.11. The van der Waals surface area contributed by atoms with Crippen LogP contribution in [0.15, 0.2) is 54.6 Å². The van der Waals surface area contributed by atoms with Gasteiger partial charge in [-0.05, 0) is 48.4 Å². The van der Waals surface area contributed by atoms with Crippen molar-refractivity contribution < 1.29 is 18.7 Å². The van der Waals surface area contributed by atoms with Crippen molar-refractivity contribution in [3.63, 3.8) is 0 Å². The number of nitrogens with one attached hydrogen (secondary N) is 1. The average Bonchev–Trinajstić information content (AvgIpc) is 3.03. The highest BCUT2D eigenvalue weighted by Crippen LogP contribution is 2.40. The highest BCUT2D eigenvalue weighted by Gasteiger charge is 2.24. The normalized spacial score (nSPS) is 10.9. The molecule has 1 aromatic heterocycles. The van der Waals surface area contributed by atoms with E-state index in [-0.39, 0.29) is 11.4 Å². The van der Waals surface area contributed by atoms with Crippen molar-refractivity contribution in [3.8, 4) is 11.1 Å². The van der Waals surface area contributed by atoms with Gasteiger partial charge in [-0.3, -0.25) is 4.79 Å². The third kappa shape index (κ3) is 4.91. The number of rotatable bonds is 5. The van der Waals surface area contributed by atoms with Gasteiger partial charge in [0.1, 0.15) is 16.4 Å². The molecule has 4 nitrogen and oxygen atoms in total. The summed E-state index contributed by atoms with van der Waals surface area (Å²) >= 11 is 7.11. The highest BCUT2D eigenvalue weighted by atomic mass is 35.5. The number of carbonyl (C=O) groups excluding carboxylic acids is 2. The van der Waals surface area contributed by atoms with Crippen LogP contribution in [-0.2, 0) is 9.53 Å². The van der Waals surface area contributed by atoms with Crippen LogP contribution < -0.4 is 5.32 Å². The smallest absolute Gasteiger partial charge is 0.341 e. The van der Waals surface area contributed by atoms with Gasteiger partial charge in [-0.25, -0.2) is 9.18 Å². The SMILES string of the molecule is COC(=O)c1c(NC(=O)/C=C/c2ccc(Cl)cc2)sc(C)c1-c1ccc(F)cc1. The van der Waals surface area contributed by atoms with Gasteiger partial charge in [0.25, 0.3) is 0 Å². The first kappa shape index (κ1) is 20.8. The number of esters is 1. The van der Waals surface area contributed by atoms with E-state index in [0.717, 1.165) is 10.4 Å². The Kier molecular flexibility index (Phi) is 6.46. The lowest BCUT2D eigenvalue weighted by Gasteiger charge is -2.07. The molecule has 2 aromatic carbocycles. The van der Waals surface area contributed by atoms with Gasteiger partial charge in [0.05, 0.1) is 7.11 Å². The first-order valence-electron chi connectivity index (χ1n) is 8.61. The van der Waals surface area contributed by atoms with Crippen molar-refractivity contribution in [1.82, 2.24) is 0 Å². The number of ether oxygens (including phenoxy) is 1. The molecule has 148 valence electrons. The van der Waals surface area contributed by atoms with Gasteiger partial charge in [-0.1, -0.05) is 35.9 Å². The van der Waals surface area contributed by atoms with Gasteiger partial charge in [0.2, 0.25) is 5.91 Å². The molecule has 0 radical (unpaired) electrons. The molecule has 0 unspecified atom stereocenters. The molecule has 3 rings (SSSR count). The highest BCUT2D eigenvalue weighted by molar-refractivity contribution is 7.17. The first-order valence-corrected chi connectivity index (χ1v) is 9.80. The van der Waals surface area contributed by atoms with E-state index in [2.05, 4.69) is 5.32 Å². The topological polar surface area (TPSA) is 55.4 Å². The van der Waals surface area contributed by atoms with E-state index in [4.69, 9.17) is 16.3 Å². The Hall–Kier alpha value is -2.96. The number of halogens is 2. The fourth-order valence-corrected chi connectivity index (χ4v) is 3.99. The summed E-state index contributed by atoms with van der Waals surface area (Å²) in [5.74, 6) is -1.34. The predicted octanol–water partition coefficient (Wildman–Crippen LogP) is 5.95. The summed E-state index contributed by atoms with van der Waals surface area (Å²) in [4.78, 5) is 25.6. The van der Waals surface area contributed by atoms with E-state index >= 15 is 0 Å². The van der Waals surface area contributed by atoms with Crippen LogP contribution in [0.25, 0.3) is 17.2 Å². The zero-order valence-electron chi connectivity index (χ0n) is 15.7. The molecule has 3 aromatic rings. The molecular weight excluding hydrogens is 413 g/mol. The van der Waals surface area contributed by atoms with Gasteiger partial charge in [0, 0.05) is 21.5 Å². The Morgan fingerprint density at radius 1 is 1.10 bits per heavy atom. The summed E-state index contributed by atoms with van der Waals surface area (Å²) in [6, 6.07) is 12.8. The fraction of sp³-hybridized carbons (Fsp3) is 0.0909. The summed E-state index contributed by atoms with van der Waals surface area (Å²) in [7, 11) is 1.27. The van der Waals surface area contributed by atoms with E-state index in [1.165, 1.54) is 36.7 Å². The van der Waals surface area contributed by atoms with Crippen molar-refractivity contribution in [2.45, 2.75) is 6.92 Å². The van der Waals surface area contributed by atoms with Crippen LogP contribution in [0.3, 0.4) is 0 Å². The lowest BCUT2D eigenvalue weighted by Crippen LogP contribution is -2.11. The molecule has 0 aliphatic heterocycles. The zero-order chi connectivity index (χ0) is 21.0. The van der Waals surface area contributed by atoms with Crippen molar-refractivity contribution in [2.75, 3.05) is 12.4 Å². The van der Waals surface area contributed by atoms with Crippen LogP contribution in [0.1, 0.15) is 20.8 Å². The van der Waals surface area contributed by atoms with Crippen molar-refractivity contribution in [1.29, 1.82) is 0 Å². The molecule has 0 saturated carbocycles. The second-order valence-corrected chi connectivity index (χ2v) is 7.77. The number of thiophene rings is 1. The monoisotopic (exact) mass is 429 g/mol. The maximum atomic E-state index is 13.3. The van der Waals surface area contributed by atoms with Crippen LogP contribution in [-0.4, -0.2) is 19.0 Å². The summed E-state index contributed by atoms with van der Waals surface area (Å²) < 4.78 is 18.2. The summed E-state index contributed by atoms with van der Waals surface area (Å²) in [6.07, 6.45) is 3.02. The van der Waals surface area contributed by atoms with Gasteiger partial charge >= 0.3 is 5.97 Å². The van der Waals surface area contributed by atoms with E-state index in [9.17, 15) is 14.0 Å². The zero-order valence-corrected chi connectivity index (χ0v) is 17.2. The number of methoxy groups -OCH3 is 1. The molecule has 0 aliphatic rings. The maximum absolute atomic E-state index is 13.3.